The summed E-state index contributed by atoms with van der Waals surface area (Å²) >= 11 is 6.30. The number of aromatic nitrogens is 3. The van der Waals surface area contributed by atoms with Crippen LogP contribution in [-0.4, -0.2) is 32.6 Å². The molecule has 0 spiro atoms. The van der Waals surface area contributed by atoms with Gasteiger partial charge >= 0.3 is 0 Å². The Labute approximate surface area is 207 Å². The van der Waals surface area contributed by atoms with Crippen molar-refractivity contribution in [2.75, 3.05) is 5.32 Å². The van der Waals surface area contributed by atoms with Crippen molar-refractivity contribution in [1.82, 2.24) is 20.1 Å². The summed E-state index contributed by atoms with van der Waals surface area (Å²) in [5, 5.41) is 10.4. The fraction of sp³-hybridized carbons (Fsp3) is 0.308. The number of benzene rings is 1. The summed E-state index contributed by atoms with van der Waals surface area (Å²) in [6, 6.07) is 7.83. The van der Waals surface area contributed by atoms with Gasteiger partial charge in [0.05, 0.1) is 17.3 Å². The van der Waals surface area contributed by atoms with E-state index in [1.807, 2.05) is 13.0 Å². The predicted octanol–water partition coefficient (Wildman–Crippen LogP) is 4.26. The highest BCUT2D eigenvalue weighted by molar-refractivity contribution is 6.34. The molecule has 0 aliphatic heterocycles. The number of rotatable bonds is 5. The molecule has 2 N–H and O–H groups in total. The summed E-state index contributed by atoms with van der Waals surface area (Å²) in [6.45, 7) is 1.82. The molecule has 2 fully saturated rings. The summed E-state index contributed by atoms with van der Waals surface area (Å²) < 4.78 is 14.7. The van der Waals surface area contributed by atoms with E-state index in [1.54, 1.807) is 23.0 Å². The monoisotopic (exact) mass is 491 g/mol. The normalized spacial score (nSPS) is 18.7. The highest BCUT2D eigenvalue weighted by Gasteiger charge is 2.38. The minimum atomic E-state index is -0.404. The van der Waals surface area contributed by atoms with E-state index in [2.05, 4.69) is 32.6 Å². The summed E-state index contributed by atoms with van der Waals surface area (Å²) in [4.78, 5) is 29.4. The van der Waals surface area contributed by atoms with Crippen molar-refractivity contribution < 1.29 is 14.0 Å². The van der Waals surface area contributed by atoms with Crippen molar-refractivity contribution in [2.24, 2.45) is 5.92 Å². The van der Waals surface area contributed by atoms with E-state index in [4.69, 9.17) is 11.6 Å². The zero-order valence-electron chi connectivity index (χ0n) is 19.0. The lowest BCUT2D eigenvalue weighted by atomic mass is 9.86. The molecule has 2 saturated carbocycles. The molecule has 2 aromatic heterocycles. The molecule has 5 rings (SSSR count). The Balaban J connectivity index is 1.24. The van der Waals surface area contributed by atoms with Crippen LogP contribution in [0.2, 0.25) is 5.02 Å². The van der Waals surface area contributed by atoms with E-state index in [0.29, 0.717) is 29.8 Å². The summed E-state index contributed by atoms with van der Waals surface area (Å²) in [5.41, 5.74) is 2.36. The third-order valence-electron chi connectivity index (χ3n) is 6.23. The van der Waals surface area contributed by atoms with E-state index >= 15 is 0 Å². The molecule has 0 bridgehead atoms. The first-order valence-electron chi connectivity index (χ1n) is 11.5. The van der Waals surface area contributed by atoms with Crippen LogP contribution in [-0.2, 0) is 4.79 Å². The summed E-state index contributed by atoms with van der Waals surface area (Å²) in [6.07, 6.45) is 6.37. The van der Waals surface area contributed by atoms with E-state index in [1.165, 1.54) is 18.3 Å². The van der Waals surface area contributed by atoms with Crippen LogP contribution in [0.3, 0.4) is 0 Å². The van der Waals surface area contributed by atoms with E-state index in [9.17, 15) is 14.0 Å². The molecule has 1 aromatic carbocycles. The number of amides is 2. The summed E-state index contributed by atoms with van der Waals surface area (Å²) in [5.74, 6) is 5.93. The van der Waals surface area contributed by atoms with Crippen molar-refractivity contribution in [3.05, 3.63) is 75.9 Å². The topological polar surface area (TPSA) is 88.9 Å². The number of nitrogens with zero attached hydrogens (tertiary/aromatic N) is 3. The molecule has 2 heterocycles. The number of hydrogen-bond donors (Lipinski definition) is 2. The quantitative estimate of drug-likeness (QED) is 0.522. The van der Waals surface area contributed by atoms with Crippen LogP contribution in [0, 0.1) is 30.5 Å². The smallest absolute Gasteiger partial charge is 0.276 e. The number of halogens is 2. The molecule has 0 atom stereocenters. The van der Waals surface area contributed by atoms with Gasteiger partial charge in [-0.15, -0.1) is 0 Å². The van der Waals surface area contributed by atoms with Gasteiger partial charge < -0.3 is 10.6 Å². The molecule has 9 heteroatoms. The molecule has 35 heavy (non-hydrogen) atoms. The lowest BCUT2D eigenvalue weighted by Gasteiger charge is -2.36. The van der Waals surface area contributed by atoms with Crippen LogP contribution in [0.4, 0.5) is 10.2 Å². The summed E-state index contributed by atoms with van der Waals surface area (Å²) in [7, 11) is 0. The van der Waals surface area contributed by atoms with Gasteiger partial charge in [-0.2, -0.15) is 5.10 Å². The Morgan fingerprint density at radius 1 is 1.11 bits per heavy atom. The highest BCUT2D eigenvalue weighted by atomic mass is 35.5. The van der Waals surface area contributed by atoms with Crippen LogP contribution < -0.4 is 10.6 Å². The lowest BCUT2D eigenvalue weighted by Crippen LogP contribution is -2.46. The average molecular weight is 492 g/mol. The average Bonchev–Trinajstić information content (AvgIpc) is 3.59. The van der Waals surface area contributed by atoms with Gasteiger partial charge in [0, 0.05) is 29.3 Å². The zero-order valence-corrected chi connectivity index (χ0v) is 19.8. The standard InChI is InChI=1S/C26H23ClFN5O2/c1-15-10-17(3-2-16-4-8-19(28)9-5-16)13-29-24(15)32-26(35)23-22(27)14-30-33(23)21-11-20(12-21)31-25(34)18-6-7-18/h4-5,8-10,13-14,18,20-21H,6-7,11-12H2,1H3,(H,31,34)(H,29,32,35)/t20-,21-. The van der Waals surface area contributed by atoms with Gasteiger partial charge in [-0.3, -0.25) is 14.3 Å². The van der Waals surface area contributed by atoms with Gasteiger partial charge in [-0.1, -0.05) is 23.4 Å². The Hall–Kier alpha value is -3.70. The third-order valence-corrected chi connectivity index (χ3v) is 6.50. The third kappa shape index (κ3) is 5.20. The largest absolute Gasteiger partial charge is 0.353 e. The maximum absolute atomic E-state index is 13.1. The lowest BCUT2D eigenvalue weighted by molar-refractivity contribution is -0.123. The van der Waals surface area contributed by atoms with Gasteiger partial charge in [0.15, 0.2) is 0 Å². The SMILES string of the molecule is Cc1cc(C#Cc2ccc(F)cc2)cnc1NC(=O)c1c(Cl)cnn1[C@H]1C[C@H](NC(=O)C2CC2)C1. The van der Waals surface area contributed by atoms with Crippen LogP contribution in [0.1, 0.15) is 58.9 Å². The first-order valence-corrected chi connectivity index (χ1v) is 11.8. The molecular formula is C26H23ClFN5O2. The Morgan fingerprint density at radius 3 is 2.51 bits per heavy atom. The van der Waals surface area contributed by atoms with Gasteiger partial charge in [-0.05, 0) is 68.5 Å². The van der Waals surface area contributed by atoms with Gasteiger partial charge in [-0.25, -0.2) is 9.37 Å². The maximum Gasteiger partial charge on any atom is 0.276 e. The Kier molecular flexibility index (Phi) is 6.27. The van der Waals surface area contributed by atoms with Crippen molar-refractivity contribution in [3.63, 3.8) is 0 Å². The van der Waals surface area contributed by atoms with Gasteiger partial charge in [0.25, 0.3) is 5.91 Å². The highest BCUT2D eigenvalue weighted by Crippen LogP contribution is 2.36. The fourth-order valence-corrected chi connectivity index (χ4v) is 4.23. The maximum atomic E-state index is 13.1. The number of hydrogen-bond acceptors (Lipinski definition) is 4. The minimum Gasteiger partial charge on any atom is -0.353 e. The minimum absolute atomic E-state index is 0.00841. The second-order valence-corrected chi connectivity index (χ2v) is 9.40. The van der Waals surface area contributed by atoms with Crippen LogP contribution in [0.25, 0.3) is 0 Å². The van der Waals surface area contributed by atoms with Crippen LogP contribution in [0.5, 0.6) is 0 Å². The van der Waals surface area contributed by atoms with E-state index in [-0.39, 0.29) is 40.4 Å². The number of nitrogens with one attached hydrogen (secondary N) is 2. The molecule has 3 aromatic rings. The molecule has 0 saturated heterocycles. The van der Waals surface area contributed by atoms with Crippen LogP contribution in [0.15, 0.2) is 42.7 Å². The van der Waals surface area contributed by atoms with Crippen molar-refractivity contribution in [1.29, 1.82) is 0 Å². The first-order chi connectivity index (χ1) is 16.9. The number of carbonyl (C=O) groups is 2. The second kappa shape index (κ2) is 9.51. The van der Waals surface area contributed by atoms with E-state index < -0.39 is 5.91 Å². The molecule has 2 aliphatic carbocycles. The van der Waals surface area contributed by atoms with Crippen molar-refractivity contribution in [2.45, 2.75) is 44.7 Å². The number of carbonyl (C=O) groups excluding carboxylic acids is 2. The fourth-order valence-electron chi connectivity index (χ4n) is 4.02. The molecule has 2 amide bonds. The molecule has 0 radical (unpaired) electrons. The second-order valence-electron chi connectivity index (χ2n) is 8.99. The van der Waals surface area contributed by atoms with Gasteiger partial charge in [0.1, 0.15) is 17.3 Å². The Morgan fingerprint density at radius 2 is 1.83 bits per heavy atom. The van der Waals surface area contributed by atoms with Crippen molar-refractivity contribution >= 4 is 29.2 Å². The number of aryl methyl sites for hydroxylation is 1. The first kappa shape index (κ1) is 23.1. The van der Waals surface area contributed by atoms with E-state index in [0.717, 1.165) is 18.4 Å². The molecule has 0 unspecified atom stereocenters. The molecule has 7 nitrogen and oxygen atoms in total. The van der Waals surface area contributed by atoms with Gasteiger partial charge in [0.2, 0.25) is 5.91 Å². The van der Waals surface area contributed by atoms with Crippen molar-refractivity contribution in [3.8, 4) is 11.8 Å². The van der Waals surface area contributed by atoms with Crippen LogP contribution >= 0.6 is 11.6 Å². The Bertz CT molecular complexity index is 1350. The number of pyridine rings is 1. The zero-order chi connectivity index (χ0) is 24.5. The number of anilines is 1. The molecule has 2 aliphatic rings. The predicted molar refractivity (Wildman–Crippen MR) is 129 cm³/mol. The molecule has 178 valence electrons. The molecular weight excluding hydrogens is 469 g/mol.